The Kier molecular flexibility index (Phi) is 4.04. The number of rotatable bonds is 2. The van der Waals surface area contributed by atoms with E-state index in [0.717, 1.165) is 25.9 Å². The van der Waals surface area contributed by atoms with Crippen molar-refractivity contribution in [3.63, 3.8) is 0 Å². The number of hydrogen-bond donors (Lipinski definition) is 2. The Bertz CT molecular complexity index is 669. The smallest absolute Gasteiger partial charge is 0.410 e. The first kappa shape index (κ1) is 16.9. The molecule has 2 N–H and O–H groups in total. The lowest BCUT2D eigenvalue weighted by Crippen LogP contribution is -2.52. The summed E-state index contributed by atoms with van der Waals surface area (Å²) < 4.78 is 5.50. The maximum atomic E-state index is 12.3. The second kappa shape index (κ2) is 5.99. The van der Waals surface area contributed by atoms with E-state index in [2.05, 4.69) is 17.4 Å². The molecular formula is C20H28N2O3. The molecule has 5 atom stereocenters. The van der Waals surface area contributed by atoms with Crippen LogP contribution in [0.2, 0.25) is 0 Å². The van der Waals surface area contributed by atoms with Gasteiger partial charge in [0.25, 0.3) is 0 Å². The van der Waals surface area contributed by atoms with Gasteiger partial charge in [0.15, 0.2) is 0 Å². The summed E-state index contributed by atoms with van der Waals surface area (Å²) in [7, 11) is 0. The van der Waals surface area contributed by atoms with Gasteiger partial charge in [0.1, 0.15) is 5.60 Å². The number of aliphatic hydroxyl groups is 1. The summed E-state index contributed by atoms with van der Waals surface area (Å²) in [5, 5.41) is 14.1. The number of carbonyl (C=O) groups is 1. The molecule has 1 aromatic carbocycles. The number of ether oxygens (including phenoxy) is 1. The van der Waals surface area contributed by atoms with Crippen LogP contribution in [0.4, 0.5) is 4.79 Å². The number of nitrogens with one attached hydrogen (secondary N) is 1. The van der Waals surface area contributed by atoms with E-state index < -0.39 is 5.60 Å². The number of benzene rings is 1. The number of carbonyl (C=O) groups excluding carboxylic acids is 1. The molecule has 1 saturated heterocycles. The molecule has 0 aromatic heterocycles. The third-order valence-electron chi connectivity index (χ3n) is 5.81. The number of amides is 1. The van der Waals surface area contributed by atoms with Gasteiger partial charge in [-0.25, -0.2) is 4.79 Å². The Morgan fingerprint density at radius 1 is 1.28 bits per heavy atom. The van der Waals surface area contributed by atoms with Crippen LogP contribution < -0.4 is 5.32 Å². The minimum absolute atomic E-state index is 0.0118. The van der Waals surface area contributed by atoms with Gasteiger partial charge in [0.2, 0.25) is 0 Å². The molecule has 1 saturated carbocycles. The van der Waals surface area contributed by atoms with Crippen LogP contribution >= 0.6 is 0 Å². The third-order valence-corrected chi connectivity index (χ3v) is 5.81. The van der Waals surface area contributed by atoms with Gasteiger partial charge in [-0.3, -0.25) is 0 Å². The molecule has 2 fully saturated rings. The second-order valence-electron chi connectivity index (χ2n) is 8.77. The van der Waals surface area contributed by atoms with Gasteiger partial charge in [-0.05, 0) is 50.2 Å². The summed E-state index contributed by atoms with van der Waals surface area (Å²) in [6, 6.07) is 8.66. The Morgan fingerprint density at radius 3 is 2.80 bits per heavy atom. The van der Waals surface area contributed by atoms with E-state index in [4.69, 9.17) is 4.74 Å². The fraction of sp³-hybridized carbons (Fsp3) is 0.650. The molecule has 1 amide bonds. The molecule has 25 heavy (non-hydrogen) atoms. The number of likely N-dealkylation sites (tertiary alicyclic amines) is 1. The zero-order valence-corrected chi connectivity index (χ0v) is 15.2. The first-order valence-electron chi connectivity index (χ1n) is 9.31. The maximum Gasteiger partial charge on any atom is 0.410 e. The number of nitrogens with zero attached hydrogens (tertiary/aromatic N) is 1. The van der Waals surface area contributed by atoms with E-state index in [9.17, 15) is 9.90 Å². The highest BCUT2D eigenvalue weighted by Crippen LogP contribution is 2.43. The van der Waals surface area contributed by atoms with Crippen molar-refractivity contribution < 1.29 is 14.6 Å². The lowest BCUT2D eigenvalue weighted by molar-refractivity contribution is 0.0287. The standard InChI is InChI=1S/C20H28N2O3/c1-20(2,3)25-19(24)22-10-13-8-16(15(13)11-22)21-18-14-7-5-4-6-12(14)9-17(18)23/h4-7,13,15-18,21,23H,8-11H2,1-3H3/t13-,15+,16?,17?,18?/m0/s1. The van der Waals surface area contributed by atoms with Crippen LogP contribution in [0.1, 0.15) is 44.4 Å². The van der Waals surface area contributed by atoms with Gasteiger partial charge in [-0.1, -0.05) is 24.3 Å². The highest BCUT2D eigenvalue weighted by atomic mass is 16.6. The fourth-order valence-electron chi connectivity index (χ4n) is 4.58. The number of aliphatic hydroxyl groups excluding tert-OH is 1. The summed E-state index contributed by atoms with van der Waals surface area (Å²) >= 11 is 0. The van der Waals surface area contributed by atoms with E-state index in [1.165, 1.54) is 11.1 Å². The van der Waals surface area contributed by atoms with Crippen LogP contribution in [0.15, 0.2) is 24.3 Å². The average molecular weight is 344 g/mol. The Morgan fingerprint density at radius 2 is 2.04 bits per heavy atom. The summed E-state index contributed by atoms with van der Waals surface area (Å²) in [5.41, 5.74) is 2.01. The van der Waals surface area contributed by atoms with Crippen LogP contribution in [-0.2, 0) is 11.2 Å². The highest BCUT2D eigenvalue weighted by Gasteiger charge is 2.50. The normalized spacial score (nSPS) is 33.6. The van der Waals surface area contributed by atoms with Crippen molar-refractivity contribution in [2.24, 2.45) is 11.8 Å². The molecule has 5 heteroatoms. The summed E-state index contributed by atoms with van der Waals surface area (Å²) in [5.74, 6) is 1.02. The molecule has 1 aliphatic heterocycles. The van der Waals surface area contributed by atoms with Crippen LogP contribution in [0.3, 0.4) is 0 Å². The predicted molar refractivity (Wildman–Crippen MR) is 95.2 cm³/mol. The first-order chi connectivity index (χ1) is 11.8. The molecular weight excluding hydrogens is 316 g/mol. The molecule has 1 heterocycles. The van der Waals surface area contributed by atoms with Gasteiger partial charge < -0.3 is 20.1 Å². The van der Waals surface area contributed by atoms with Crippen LogP contribution in [-0.4, -0.2) is 46.9 Å². The van der Waals surface area contributed by atoms with Crippen LogP contribution in [0.5, 0.6) is 0 Å². The van der Waals surface area contributed by atoms with Crippen LogP contribution in [0.25, 0.3) is 0 Å². The Labute approximate surface area is 149 Å². The van der Waals surface area contributed by atoms with Crippen molar-refractivity contribution in [1.29, 1.82) is 0 Å². The third kappa shape index (κ3) is 3.15. The van der Waals surface area contributed by atoms with Crippen molar-refractivity contribution >= 4 is 6.09 Å². The van der Waals surface area contributed by atoms with Crippen molar-refractivity contribution in [3.8, 4) is 0 Å². The lowest BCUT2D eigenvalue weighted by atomic mass is 9.71. The Hall–Kier alpha value is -1.59. The Balaban J connectivity index is 1.37. The molecule has 3 aliphatic rings. The summed E-state index contributed by atoms with van der Waals surface area (Å²) in [6.07, 6.45) is 1.22. The second-order valence-corrected chi connectivity index (χ2v) is 8.77. The van der Waals surface area contributed by atoms with Crippen molar-refractivity contribution in [2.75, 3.05) is 13.1 Å². The van der Waals surface area contributed by atoms with Crippen molar-refractivity contribution in [2.45, 2.75) is 57.4 Å². The molecule has 1 aromatic rings. The SMILES string of the molecule is CC(C)(C)OC(=O)N1C[C@@H]2CC(NC3c4ccccc4CC3O)[C@@H]2C1. The largest absolute Gasteiger partial charge is 0.444 e. The van der Waals surface area contributed by atoms with E-state index in [1.54, 1.807) is 0 Å². The molecule has 4 rings (SSSR count). The summed E-state index contributed by atoms with van der Waals surface area (Å²) in [4.78, 5) is 14.1. The first-order valence-corrected chi connectivity index (χ1v) is 9.31. The van der Waals surface area contributed by atoms with Gasteiger partial charge in [-0.2, -0.15) is 0 Å². The molecule has 5 nitrogen and oxygen atoms in total. The minimum atomic E-state index is -0.450. The van der Waals surface area contributed by atoms with Crippen molar-refractivity contribution in [1.82, 2.24) is 10.2 Å². The van der Waals surface area contributed by atoms with Crippen LogP contribution in [0, 0.1) is 11.8 Å². The summed E-state index contributed by atoms with van der Waals surface area (Å²) in [6.45, 7) is 7.25. The zero-order valence-electron chi connectivity index (χ0n) is 15.2. The highest BCUT2D eigenvalue weighted by molar-refractivity contribution is 5.68. The van der Waals surface area contributed by atoms with Gasteiger partial charge in [-0.15, -0.1) is 0 Å². The zero-order chi connectivity index (χ0) is 17.8. The minimum Gasteiger partial charge on any atom is -0.444 e. The van der Waals surface area contributed by atoms with E-state index in [-0.39, 0.29) is 18.2 Å². The molecule has 0 radical (unpaired) electrons. The maximum absolute atomic E-state index is 12.3. The monoisotopic (exact) mass is 344 g/mol. The number of hydrogen-bond acceptors (Lipinski definition) is 4. The van der Waals surface area contributed by atoms with Crippen molar-refractivity contribution in [3.05, 3.63) is 35.4 Å². The lowest BCUT2D eigenvalue weighted by Gasteiger charge is -2.42. The van der Waals surface area contributed by atoms with Gasteiger partial charge in [0.05, 0.1) is 12.1 Å². The fourth-order valence-corrected chi connectivity index (χ4v) is 4.58. The molecule has 3 unspecified atom stereocenters. The van der Waals surface area contributed by atoms with E-state index in [0.29, 0.717) is 17.9 Å². The number of fused-ring (bicyclic) bond motifs is 2. The van der Waals surface area contributed by atoms with E-state index >= 15 is 0 Å². The predicted octanol–water partition coefficient (Wildman–Crippen LogP) is 2.49. The average Bonchev–Trinajstić information content (AvgIpc) is 3.00. The van der Waals surface area contributed by atoms with Gasteiger partial charge >= 0.3 is 6.09 Å². The molecule has 2 aliphatic carbocycles. The van der Waals surface area contributed by atoms with E-state index in [1.807, 2.05) is 37.8 Å². The molecule has 136 valence electrons. The molecule has 0 spiro atoms. The van der Waals surface area contributed by atoms with Gasteiger partial charge in [0, 0.05) is 25.6 Å². The topological polar surface area (TPSA) is 61.8 Å². The quantitative estimate of drug-likeness (QED) is 0.865. The molecule has 0 bridgehead atoms.